The molecule has 1 rings (SSSR count). The number of amides is 2. The first-order valence-electron chi connectivity index (χ1n) is 6.13. The van der Waals surface area contributed by atoms with E-state index in [1.807, 2.05) is 6.07 Å². The molecule has 0 bridgehead atoms. The standard InChI is InChI=1S/C12H19N3O3/c1-14(6-3-5-13)12(18)15-7-2-4-10(9-15)8-11(16)17/h10H,2-4,6-9H2,1H3,(H,16,17). The molecule has 1 fully saturated rings. The summed E-state index contributed by atoms with van der Waals surface area (Å²) in [4.78, 5) is 25.9. The summed E-state index contributed by atoms with van der Waals surface area (Å²) < 4.78 is 0. The van der Waals surface area contributed by atoms with Gasteiger partial charge >= 0.3 is 12.0 Å². The highest BCUT2D eigenvalue weighted by atomic mass is 16.4. The normalized spacial score (nSPS) is 19.1. The molecule has 18 heavy (non-hydrogen) atoms. The first kappa shape index (κ1) is 14.3. The van der Waals surface area contributed by atoms with Crippen molar-refractivity contribution >= 4 is 12.0 Å². The molecule has 1 saturated heterocycles. The number of aliphatic carboxylic acids is 1. The quantitative estimate of drug-likeness (QED) is 0.814. The van der Waals surface area contributed by atoms with Crippen molar-refractivity contribution in [2.75, 3.05) is 26.7 Å². The van der Waals surface area contributed by atoms with E-state index in [0.717, 1.165) is 12.8 Å². The second kappa shape index (κ2) is 6.84. The summed E-state index contributed by atoms with van der Waals surface area (Å²) in [5.41, 5.74) is 0. The van der Waals surface area contributed by atoms with Gasteiger partial charge in [0.05, 0.1) is 12.5 Å². The lowest BCUT2D eigenvalue weighted by Crippen LogP contribution is -2.46. The van der Waals surface area contributed by atoms with Crippen LogP contribution in [0.1, 0.15) is 25.7 Å². The van der Waals surface area contributed by atoms with E-state index in [2.05, 4.69) is 0 Å². The van der Waals surface area contributed by atoms with Crippen molar-refractivity contribution in [1.29, 1.82) is 5.26 Å². The van der Waals surface area contributed by atoms with Gasteiger partial charge in [-0.1, -0.05) is 0 Å². The Hall–Kier alpha value is -1.77. The van der Waals surface area contributed by atoms with Gasteiger partial charge in [0.2, 0.25) is 0 Å². The molecule has 0 aromatic rings. The largest absolute Gasteiger partial charge is 0.481 e. The topological polar surface area (TPSA) is 84.6 Å². The Balaban J connectivity index is 2.47. The zero-order valence-corrected chi connectivity index (χ0v) is 10.6. The monoisotopic (exact) mass is 253 g/mol. The lowest BCUT2D eigenvalue weighted by molar-refractivity contribution is -0.138. The van der Waals surface area contributed by atoms with Crippen LogP contribution < -0.4 is 0 Å². The second-order valence-corrected chi connectivity index (χ2v) is 4.66. The molecule has 0 aromatic heterocycles. The number of urea groups is 1. The Labute approximate surface area is 107 Å². The van der Waals surface area contributed by atoms with Gasteiger partial charge in [0.15, 0.2) is 0 Å². The maximum atomic E-state index is 12.0. The number of piperidine rings is 1. The van der Waals surface area contributed by atoms with Crippen molar-refractivity contribution in [1.82, 2.24) is 9.80 Å². The Morgan fingerprint density at radius 2 is 2.28 bits per heavy atom. The Bertz CT molecular complexity index is 351. The van der Waals surface area contributed by atoms with Crippen molar-refractivity contribution in [3.63, 3.8) is 0 Å². The van der Waals surface area contributed by atoms with Crippen LogP contribution in [0.5, 0.6) is 0 Å². The Kier molecular flexibility index (Phi) is 5.43. The number of rotatable bonds is 4. The fraction of sp³-hybridized carbons (Fsp3) is 0.750. The molecule has 0 aromatic carbocycles. The van der Waals surface area contributed by atoms with Crippen LogP contribution in [0.15, 0.2) is 0 Å². The van der Waals surface area contributed by atoms with E-state index in [1.165, 1.54) is 4.90 Å². The van der Waals surface area contributed by atoms with Crippen LogP contribution in [-0.2, 0) is 4.79 Å². The summed E-state index contributed by atoms with van der Waals surface area (Å²) in [5, 5.41) is 17.2. The molecular formula is C12H19N3O3. The van der Waals surface area contributed by atoms with Crippen molar-refractivity contribution in [2.24, 2.45) is 5.92 Å². The molecule has 1 N–H and O–H groups in total. The fourth-order valence-electron chi connectivity index (χ4n) is 2.21. The molecule has 1 heterocycles. The summed E-state index contributed by atoms with van der Waals surface area (Å²) in [6.07, 6.45) is 2.13. The number of carbonyl (C=O) groups excluding carboxylic acids is 1. The molecule has 0 aliphatic carbocycles. The molecule has 1 atom stereocenters. The summed E-state index contributed by atoms with van der Waals surface area (Å²) in [5.74, 6) is -0.767. The zero-order valence-electron chi connectivity index (χ0n) is 10.6. The zero-order chi connectivity index (χ0) is 13.5. The number of hydrogen-bond donors (Lipinski definition) is 1. The van der Waals surface area contributed by atoms with Gasteiger partial charge in [-0.25, -0.2) is 4.79 Å². The highest BCUT2D eigenvalue weighted by Gasteiger charge is 2.26. The van der Waals surface area contributed by atoms with Gasteiger partial charge in [-0.15, -0.1) is 0 Å². The van der Waals surface area contributed by atoms with Gasteiger partial charge in [-0.05, 0) is 18.8 Å². The Morgan fingerprint density at radius 1 is 1.56 bits per heavy atom. The van der Waals surface area contributed by atoms with Crippen LogP contribution in [0, 0.1) is 17.2 Å². The van der Waals surface area contributed by atoms with Crippen molar-refractivity contribution < 1.29 is 14.7 Å². The highest BCUT2D eigenvalue weighted by molar-refractivity contribution is 5.74. The molecule has 0 spiro atoms. The number of nitriles is 1. The van der Waals surface area contributed by atoms with Gasteiger partial charge in [-0.3, -0.25) is 4.79 Å². The maximum absolute atomic E-state index is 12.0. The summed E-state index contributed by atoms with van der Waals surface area (Å²) in [6, 6.07) is 1.89. The number of carbonyl (C=O) groups is 2. The van der Waals surface area contributed by atoms with Gasteiger partial charge in [0, 0.05) is 33.1 Å². The van der Waals surface area contributed by atoms with E-state index in [-0.39, 0.29) is 18.4 Å². The molecule has 1 aliphatic heterocycles. The summed E-state index contributed by atoms with van der Waals surface area (Å²) in [7, 11) is 1.67. The fourth-order valence-corrected chi connectivity index (χ4v) is 2.21. The summed E-state index contributed by atoms with van der Waals surface area (Å²) in [6.45, 7) is 1.59. The van der Waals surface area contributed by atoms with Crippen LogP contribution >= 0.6 is 0 Å². The maximum Gasteiger partial charge on any atom is 0.319 e. The van der Waals surface area contributed by atoms with Crippen molar-refractivity contribution in [2.45, 2.75) is 25.7 Å². The third-order valence-corrected chi connectivity index (χ3v) is 3.14. The molecule has 2 amide bonds. The number of carboxylic acid groups (broad SMARTS) is 1. The van der Waals surface area contributed by atoms with Crippen LogP contribution in [-0.4, -0.2) is 53.6 Å². The SMILES string of the molecule is CN(CCC#N)C(=O)N1CCCC(CC(=O)O)C1. The van der Waals surface area contributed by atoms with Crippen LogP contribution in [0.3, 0.4) is 0 Å². The molecule has 1 aliphatic rings. The predicted molar refractivity (Wildman–Crippen MR) is 64.8 cm³/mol. The molecule has 1 unspecified atom stereocenters. The third kappa shape index (κ3) is 4.24. The number of carboxylic acids is 1. The third-order valence-electron chi connectivity index (χ3n) is 3.14. The number of likely N-dealkylation sites (tertiary alicyclic amines) is 1. The minimum absolute atomic E-state index is 0.0459. The van der Waals surface area contributed by atoms with Crippen LogP contribution in [0.4, 0.5) is 4.79 Å². The lowest BCUT2D eigenvalue weighted by Gasteiger charge is -2.34. The molecule has 0 radical (unpaired) electrons. The average molecular weight is 253 g/mol. The smallest absolute Gasteiger partial charge is 0.319 e. The van der Waals surface area contributed by atoms with Crippen molar-refractivity contribution in [3.8, 4) is 6.07 Å². The molecular weight excluding hydrogens is 234 g/mol. The van der Waals surface area contributed by atoms with E-state index >= 15 is 0 Å². The molecule has 6 nitrogen and oxygen atoms in total. The second-order valence-electron chi connectivity index (χ2n) is 4.66. The first-order valence-corrected chi connectivity index (χ1v) is 6.13. The lowest BCUT2D eigenvalue weighted by atomic mass is 9.95. The van der Waals surface area contributed by atoms with Gasteiger partial charge in [0.25, 0.3) is 0 Å². The first-order chi connectivity index (χ1) is 8.54. The number of nitrogens with zero attached hydrogens (tertiary/aromatic N) is 3. The van der Waals surface area contributed by atoms with E-state index in [0.29, 0.717) is 26.1 Å². The van der Waals surface area contributed by atoms with Gasteiger partial charge in [-0.2, -0.15) is 5.26 Å². The minimum Gasteiger partial charge on any atom is -0.481 e. The van der Waals surface area contributed by atoms with Crippen molar-refractivity contribution in [3.05, 3.63) is 0 Å². The molecule has 0 saturated carbocycles. The number of hydrogen-bond acceptors (Lipinski definition) is 3. The van der Waals surface area contributed by atoms with Crippen LogP contribution in [0.25, 0.3) is 0 Å². The van der Waals surface area contributed by atoms with Crippen LogP contribution in [0.2, 0.25) is 0 Å². The van der Waals surface area contributed by atoms with E-state index in [1.54, 1.807) is 11.9 Å². The van der Waals surface area contributed by atoms with Gasteiger partial charge in [0.1, 0.15) is 0 Å². The average Bonchev–Trinajstić information content (AvgIpc) is 2.34. The van der Waals surface area contributed by atoms with E-state index in [4.69, 9.17) is 10.4 Å². The van der Waals surface area contributed by atoms with Gasteiger partial charge < -0.3 is 14.9 Å². The molecule has 6 heteroatoms. The predicted octanol–water partition coefficient (Wildman–Crippen LogP) is 1.14. The van der Waals surface area contributed by atoms with E-state index < -0.39 is 5.97 Å². The van der Waals surface area contributed by atoms with E-state index in [9.17, 15) is 9.59 Å². The molecule has 100 valence electrons. The Morgan fingerprint density at radius 3 is 2.89 bits per heavy atom. The summed E-state index contributed by atoms with van der Waals surface area (Å²) >= 11 is 0. The minimum atomic E-state index is -0.813. The highest BCUT2D eigenvalue weighted by Crippen LogP contribution is 2.20.